The van der Waals surface area contributed by atoms with Crippen LogP contribution in [0.4, 0.5) is 5.95 Å². The Morgan fingerprint density at radius 1 is 0.981 bits per heavy atom. The van der Waals surface area contributed by atoms with E-state index in [1.165, 1.54) is 12.1 Å². The number of rotatable bonds is 7. The van der Waals surface area contributed by atoms with Crippen LogP contribution >= 0.6 is 0 Å². The molecule has 4 bridgehead atoms. The normalized spacial score (nSPS) is 22.3. The number of anilines is 1. The highest BCUT2D eigenvalue weighted by atomic mass is 32.2. The lowest BCUT2D eigenvalue weighted by Crippen LogP contribution is -2.73. The van der Waals surface area contributed by atoms with E-state index >= 15 is 0 Å². The maximum absolute atomic E-state index is 14.7. The maximum Gasteiger partial charge on any atom is 0.264 e. The number of carbonyl (C=O) groups is 2. The van der Waals surface area contributed by atoms with Crippen LogP contribution in [0.2, 0.25) is 0 Å². The fourth-order valence-corrected chi connectivity index (χ4v) is 9.04. The summed E-state index contributed by atoms with van der Waals surface area (Å²) in [6.45, 7) is 11.4. The summed E-state index contributed by atoms with van der Waals surface area (Å²) in [7, 11) is -4.19. The van der Waals surface area contributed by atoms with E-state index in [0.29, 0.717) is 38.1 Å². The summed E-state index contributed by atoms with van der Waals surface area (Å²) in [5.74, 6) is -0.259. The zero-order valence-electron chi connectivity index (χ0n) is 31.0. The Balaban J connectivity index is 1.21. The molecule has 0 radical (unpaired) electrons. The van der Waals surface area contributed by atoms with Crippen LogP contribution in [0.15, 0.2) is 83.8 Å². The number of amides is 2. The molecule has 2 amide bonds. The van der Waals surface area contributed by atoms with Crippen LogP contribution in [0.25, 0.3) is 11.3 Å². The molecule has 12 heteroatoms. The van der Waals surface area contributed by atoms with Gasteiger partial charge in [-0.3, -0.25) is 9.59 Å². The van der Waals surface area contributed by atoms with E-state index in [-0.39, 0.29) is 70.4 Å². The molecule has 2 fully saturated rings. The Kier molecular flexibility index (Phi) is 9.79. The molecule has 278 valence electrons. The first-order valence-electron chi connectivity index (χ1n) is 18.2. The molecular weight excluding hydrogens is 691 g/mol. The first kappa shape index (κ1) is 36.5. The van der Waals surface area contributed by atoms with Crippen LogP contribution < -0.4 is 9.46 Å². The van der Waals surface area contributed by atoms with Gasteiger partial charge in [-0.1, -0.05) is 75.4 Å². The Morgan fingerprint density at radius 2 is 1.70 bits per heavy atom. The van der Waals surface area contributed by atoms with Gasteiger partial charge in [0.2, 0.25) is 17.7 Å². The lowest BCUT2D eigenvalue weighted by molar-refractivity contribution is -0.169. The summed E-state index contributed by atoms with van der Waals surface area (Å²) < 4.78 is 42.3. The molecule has 53 heavy (non-hydrogen) atoms. The van der Waals surface area contributed by atoms with Crippen LogP contribution in [0.1, 0.15) is 73.5 Å². The molecule has 1 aliphatic carbocycles. The summed E-state index contributed by atoms with van der Waals surface area (Å²) >= 11 is 0. The predicted molar refractivity (Wildman–Crippen MR) is 202 cm³/mol. The van der Waals surface area contributed by atoms with Gasteiger partial charge in [-0.05, 0) is 79.8 Å². The predicted octanol–water partition coefficient (Wildman–Crippen LogP) is 6.55. The van der Waals surface area contributed by atoms with Crippen molar-refractivity contribution in [1.82, 2.24) is 19.8 Å². The number of aryl methyl sites for hydroxylation is 2. The highest BCUT2D eigenvalue weighted by Gasteiger charge is 2.58. The third-order valence-corrected chi connectivity index (χ3v) is 11.9. The minimum atomic E-state index is -4.19. The topological polar surface area (TPSA) is 131 Å². The number of sulfonamides is 1. The number of carbonyl (C=O) groups excluding carboxylic acids is 2. The standard InChI is InChI=1S/C41H47N5O6S/c1-27-11-9-12-28(2)37(27)34-20-35-43-39(42-34)44-53(49,50)33-16-10-15-30(19-33)38(48)46(32(25-52-35)21-40(3,4)5)31-22-41(23-31)17-18-45(41)36(47)26-51-24-29-13-7-6-8-14-29/h6-16,19-20,31-32H,17-18,21-26H2,1-5H3,(H,42,43,44)/t31?,32-,41?/m1/s1. The Bertz CT molecular complexity index is 2110. The van der Waals surface area contributed by atoms with E-state index in [1.807, 2.05) is 72.2 Å². The van der Waals surface area contributed by atoms with Crippen molar-refractivity contribution in [1.29, 1.82) is 0 Å². The van der Waals surface area contributed by atoms with Crippen molar-refractivity contribution in [3.05, 3.63) is 101 Å². The van der Waals surface area contributed by atoms with Crippen LogP contribution in [0.3, 0.4) is 0 Å². The van der Waals surface area contributed by atoms with Gasteiger partial charge in [0.15, 0.2) is 0 Å². The van der Waals surface area contributed by atoms with Gasteiger partial charge in [-0.15, -0.1) is 0 Å². The van der Waals surface area contributed by atoms with Gasteiger partial charge < -0.3 is 19.3 Å². The summed E-state index contributed by atoms with van der Waals surface area (Å²) in [4.78, 5) is 40.9. The first-order valence-corrected chi connectivity index (χ1v) is 19.7. The summed E-state index contributed by atoms with van der Waals surface area (Å²) in [6, 6.07) is 22.9. The van der Waals surface area contributed by atoms with Crippen molar-refractivity contribution in [3.63, 3.8) is 0 Å². The van der Waals surface area contributed by atoms with E-state index in [0.717, 1.165) is 28.7 Å². The highest BCUT2D eigenvalue weighted by Crippen LogP contribution is 2.50. The van der Waals surface area contributed by atoms with Crippen LogP contribution in [-0.2, 0) is 26.2 Å². The van der Waals surface area contributed by atoms with Crippen LogP contribution in [0, 0.1) is 19.3 Å². The number of hydrogen-bond acceptors (Lipinski definition) is 8. The minimum Gasteiger partial charge on any atom is -0.475 e. The lowest BCUT2D eigenvalue weighted by atomic mass is 9.63. The average Bonchev–Trinajstić information content (AvgIpc) is 3.07. The fraction of sp³-hybridized carbons (Fsp3) is 0.415. The third kappa shape index (κ3) is 7.66. The molecule has 3 aliphatic rings. The second-order valence-corrected chi connectivity index (χ2v) is 17.5. The third-order valence-electron chi connectivity index (χ3n) is 10.6. The van der Waals surface area contributed by atoms with Gasteiger partial charge in [0, 0.05) is 35.3 Å². The molecule has 7 rings (SSSR count). The van der Waals surface area contributed by atoms with E-state index in [4.69, 9.17) is 9.47 Å². The molecule has 1 atom stereocenters. The maximum atomic E-state index is 14.7. The fourth-order valence-electron chi connectivity index (χ4n) is 8.05. The summed E-state index contributed by atoms with van der Waals surface area (Å²) in [5.41, 5.74) is 4.06. The SMILES string of the molecule is Cc1cccc(C)c1-c1cc2nc(n1)NS(=O)(=O)c1cccc(c1)C(=O)N(C1CC3(CCN3C(=O)COCc3ccccc3)C1)[C@H](CC(C)(C)C)CO2. The monoisotopic (exact) mass is 737 g/mol. The zero-order valence-corrected chi connectivity index (χ0v) is 31.8. The Morgan fingerprint density at radius 3 is 2.38 bits per heavy atom. The molecule has 1 aromatic heterocycles. The largest absolute Gasteiger partial charge is 0.475 e. The molecule has 11 nitrogen and oxygen atoms in total. The van der Waals surface area contributed by atoms with Crippen molar-refractivity contribution in [3.8, 4) is 17.1 Å². The molecule has 3 aromatic carbocycles. The number of aromatic nitrogens is 2. The number of hydrogen-bond donors (Lipinski definition) is 1. The molecule has 1 saturated heterocycles. The van der Waals surface area contributed by atoms with Crippen molar-refractivity contribution < 1.29 is 27.5 Å². The molecule has 4 aromatic rings. The second kappa shape index (κ2) is 14.2. The van der Waals surface area contributed by atoms with Gasteiger partial charge >= 0.3 is 0 Å². The second-order valence-electron chi connectivity index (χ2n) is 15.8. The van der Waals surface area contributed by atoms with Crippen LogP contribution in [0.5, 0.6) is 5.88 Å². The molecule has 1 spiro atoms. The molecule has 1 N–H and O–H groups in total. The molecular formula is C41H47N5O6S. The number of likely N-dealkylation sites (tertiary alicyclic amines) is 1. The van der Waals surface area contributed by atoms with Gasteiger partial charge in [0.25, 0.3) is 15.9 Å². The van der Waals surface area contributed by atoms with Gasteiger partial charge in [-0.2, -0.15) is 4.98 Å². The lowest BCUT2D eigenvalue weighted by Gasteiger charge is -2.63. The van der Waals surface area contributed by atoms with E-state index in [9.17, 15) is 18.0 Å². The summed E-state index contributed by atoms with van der Waals surface area (Å²) in [5, 5.41) is 0. The number of ether oxygens (including phenoxy) is 2. The minimum absolute atomic E-state index is 0.00924. The molecule has 3 heterocycles. The van der Waals surface area contributed by atoms with Gasteiger partial charge in [0.1, 0.15) is 13.2 Å². The van der Waals surface area contributed by atoms with E-state index in [2.05, 4.69) is 35.5 Å². The van der Waals surface area contributed by atoms with Crippen LogP contribution in [-0.4, -0.2) is 77.4 Å². The van der Waals surface area contributed by atoms with Gasteiger partial charge in [-0.25, -0.2) is 18.1 Å². The Labute approximate surface area is 311 Å². The summed E-state index contributed by atoms with van der Waals surface area (Å²) in [6.07, 6.45) is 2.67. The van der Waals surface area contributed by atoms with E-state index < -0.39 is 10.0 Å². The Hall–Kier alpha value is -4.81. The highest BCUT2D eigenvalue weighted by molar-refractivity contribution is 7.92. The molecule has 0 unspecified atom stereocenters. The number of nitrogens with zero attached hydrogens (tertiary/aromatic N) is 4. The first-order chi connectivity index (χ1) is 25.2. The van der Waals surface area contributed by atoms with Crippen molar-refractivity contribution in [2.75, 3.05) is 24.5 Å². The zero-order chi connectivity index (χ0) is 37.5. The number of nitrogens with one attached hydrogen (secondary N) is 1. The average molecular weight is 738 g/mol. The molecule has 2 aliphatic heterocycles. The smallest absolute Gasteiger partial charge is 0.264 e. The molecule has 1 saturated carbocycles. The van der Waals surface area contributed by atoms with E-state index in [1.54, 1.807) is 18.2 Å². The quantitative estimate of drug-likeness (QED) is 0.226. The number of fused-ring (bicyclic) bond motifs is 4. The van der Waals surface area contributed by atoms with Crippen molar-refractivity contribution in [2.45, 2.75) is 89.4 Å². The van der Waals surface area contributed by atoms with Crippen molar-refractivity contribution >= 4 is 27.8 Å². The number of benzene rings is 3. The van der Waals surface area contributed by atoms with Crippen molar-refractivity contribution in [2.24, 2.45) is 5.41 Å². The van der Waals surface area contributed by atoms with Gasteiger partial charge in [0.05, 0.1) is 23.2 Å².